The Labute approximate surface area is 118 Å². The van der Waals surface area contributed by atoms with E-state index in [1.165, 1.54) is 6.08 Å². The number of para-hydroxylation sites is 1. The van der Waals surface area contributed by atoms with Crippen LogP contribution >= 0.6 is 0 Å². The maximum Gasteiger partial charge on any atom is 0.328 e. The van der Waals surface area contributed by atoms with Gasteiger partial charge in [0, 0.05) is 24.9 Å². The van der Waals surface area contributed by atoms with Gasteiger partial charge in [-0.25, -0.2) is 13.2 Å². The van der Waals surface area contributed by atoms with Gasteiger partial charge < -0.3 is 10.0 Å². The molecule has 1 fully saturated rings. The standard InChI is InChI=1S/C14H17NO4S/c16-14(17)7-6-12-4-1-2-5-13(12)15-8-3-10-20(18,19)11-9-15/h1-2,4-7H,3,8-11H2,(H,16,17)/b7-6+. The number of benzene rings is 1. The number of carboxylic acid groups (broad SMARTS) is 1. The first-order valence-corrected chi connectivity index (χ1v) is 8.25. The fraction of sp³-hybridized carbons (Fsp3) is 0.357. The molecule has 108 valence electrons. The summed E-state index contributed by atoms with van der Waals surface area (Å²) in [7, 11) is -2.95. The maximum atomic E-state index is 11.6. The number of rotatable bonds is 3. The van der Waals surface area contributed by atoms with Gasteiger partial charge in [0.05, 0.1) is 11.5 Å². The van der Waals surface area contributed by atoms with Gasteiger partial charge in [-0.3, -0.25) is 0 Å². The summed E-state index contributed by atoms with van der Waals surface area (Å²) in [6.07, 6.45) is 3.23. The van der Waals surface area contributed by atoms with Crippen LogP contribution in [0, 0.1) is 0 Å². The van der Waals surface area contributed by atoms with Gasteiger partial charge in [-0.05, 0) is 24.1 Å². The van der Waals surface area contributed by atoms with Crippen LogP contribution < -0.4 is 4.90 Å². The SMILES string of the molecule is O=C(O)/C=C/c1ccccc1N1CCCS(=O)(=O)CC1. The molecule has 1 aliphatic heterocycles. The molecule has 1 heterocycles. The van der Waals surface area contributed by atoms with E-state index in [2.05, 4.69) is 0 Å². The van der Waals surface area contributed by atoms with Crippen molar-refractivity contribution in [3.05, 3.63) is 35.9 Å². The second-order valence-corrected chi connectivity index (χ2v) is 7.03. The molecule has 0 unspecified atom stereocenters. The topological polar surface area (TPSA) is 74.7 Å². The van der Waals surface area contributed by atoms with Gasteiger partial charge in [0.1, 0.15) is 0 Å². The van der Waals surface area contributed by atoms with Crippen LogP contribution in [-0.4, -0.2) is 44.1 Å². The summed E-state index contributed by atoms with van der Waals surface area (Å²) in [4.78, 5) is 12.6. The lowest BCUT2D eigenvalue weighted by atomic mass is 10.1. The molecule has 20 heavy (non-hydrogen) atoms. The van der Waals surface area contributed by atoms with Crippen LogP contribution in [0.3, 0.4) is 0 Å². The average molecular weight is 295 g/mol. The molecule has 1 saturated heterocycles. The Bertz CT molecular complexity index is 622. The van der Waals surface area contributed by atoms with Crippen molar-refractivity contribution in [2.45, 2.75) is 6.42 Å². The molecule has 0 saturated carbocycles. The minimum Gasteiger partial charge on any atom is -0.478 e. The van der Waals surface area contributed by atoms with Gasteiger partial charge in [-0.15, -0.1) is 0 Å². The van der Waals surface area contributed by atoms with Crippen molar-refractivity contribution >= 4 is 27.6 Å². The van der Waals surface area contributed by atoms with Crippen LogP contribution in [0.25, 0.3) is 6.08 Å². The smallest absolute Gasteiger partial charge is 0.328 e. The Morgan fingerprint density at radius 1 is 1.20 bits per heavy atom. The Hall–Kier alpha value is -1.82. The van der Waals surface area contributed by atoms with Crippen LogP contribution in [0.5, 0.6) is 0 Å². The van der Waals surface area contributed by atoms with E-state index in [-0.39, 0.29) is 11.5 Å². The highest BCUT2D eigenvalue weighted by molar-refractivity contribution is 7.91. The van der Waals surface area contributed by atoms with Gasteiger partial charge in [0.2, 0.25) is 0 Å². The highest BCUT2D eigenvalue weighted by Crippen LogP contribution is 2.23. The molecule has 0 aliphatic carbocycles. The highest BCUT2D eigenvalue weighted by atomic mass is 32.2. The zero-order valence-electron chi connectivity index (χ0n) is 11.0. The van der Waals surface area contributed by atoms with E-state index in [1.54, 1.807) is 0 Å². The first kappa shape index (κ1) is 14.6. The third-order valence-corrected chi connectivity index (χ3v) is 4.95. The lowest BCUT2D eigenvalue weighted by Gasteiger charge is -2.24. The number of nitrogens with zero attached hydrogens (tertiary/aromatic N) is 1. The summed E-state index contributed by atoms with van der Waals surface area (Å²) in [5.41, 5.74) is 1.66. The molecule has 0 radical (unpaired) electrons. The summed E-state index contributed by atoms with van der Waals surface area (Å²) in [6, 6.07) is 7.42. The number of hydrogen-bond donors (Lipinski definition) is 1. The lowest BCUT2D eigenvalue weighted by Crippen LogP contribution is -2.27. The fourth-order valence-corrected chi connectivity index (χ4v) is 3.53. The summed E-state index contributed by atoms with van der Waals surface area (Å²) in [5, 5.41) is 8.71. The van der Waals surface area contributed by atoms with Crippen LogP contribution in [0.2, 0.25) is 0 Å². The number of sulfone groups is 1. The van der Waals surface area contributed by atoms with Gasteiger partial charge in [-0.2, -0.15) is 0 Å². The number of aliphatic carboxylic acids is 1. The van der Waals surface area contributed by atoms with Crippen LogP contribution in [0.1, 0.15) is 12.0 Å². The predicted molar refractivity (Wildman–Crippen MR) is 78.6 cm³/mol. The molecule has 0 spiro atoms. The number of carboxylic acids is 1. The van der Waals surface area contributed by atoms with E-state index in [1.807, 2.05) is 29.2 Å². The van der Waals surface area contributed by atoms with Gasteiger partial charge >= 0.3 is 5.97 Å². The molecule has 1 aliphatic rings. The van der Waals surface area contributed by atoms with Gasteiger partial charge in [0.25, 0.3) is 0 Å². The number of hydrogen-bond acceptors (Lipinski definition) is 4. The highest BCUT2D eigenvalue weighted by Gasteiger charge is 2.20. The molecular weight excluding hydrogens is 278 g/mol. The molecule has 0 bridgehead atoms. The fourth-order valence-electron chi connectivity index (χ4n) is 2.26. The molecule has 5 nitrogen and oxygen atoms in total. The largest absolute Gasteiger partial charge is 0.478 e. The van der Waals surface area contributed by atoms with E-state index in [0.29, 0.717) is 19.5 Å². The lowest BCUT2D eigenvalue weighted by molar-refractivity contribution is -0.131. The van der Waals surface area contributed by atoms with Crippen molar-refractivity contribution < 1.29 is 18.3 Å². The number of carbonyl (C=O) groups is 1. The normalized spacial score (nSPS) is 18.9. The second kappa shape index (κ2) is 6.09. The Kier molecular flexibility index (Phi) is 4.44. The molecule has 1 aromatic rings. The minimum atomic E-state index is -2.95. The Morgan fingerprint density at radius 2 is 1.95 bits per heavy atom. The summed E-state index contributed by atoms with van der Waals surface area (Å²) < 4.78 is 23.3. The monoisotopic (exact) mass is 295 g/mol. The Morgan fingerprint density at radius 3 is 2.70 bits per heavy atom. The van der Waals surface area contributed by atoms with E-state index >= 15 is 0 Å². The van der Waals surface area contributed by atoms with E-state index in [0.717, 1.165) is 17.3 Å². The van der Waals surface area contributed by atoms with Crippen molar-refractivity contribution in [3.8, 4) is 0 Å². The Balaban J connectivity index is 2.26. The van der Waals surface area contributed by atoms with Crippen molar-refractivity contribution in [1.29, 1.82) is 0 Å². The van der Waals surface area contributed by atoms with Crippen molar-refractivity contribution in [1.82, 2.24) is 0 Å². The predicted octanol–water partition coefficient (Wildman–Crippen LogP) is 1.41. The molecule has 6 heteroatoms. The van der Waals surface area contributed by atoms with Crippen LogP contribution in [0.15, 0.2) is 30.3 Å². The summed E-state index contributed by atoms with van der Waals surface area (Å²) in [5.74, 6) is -0.640. The zero-order valence-corrected chi connectivity index (χ0v) is 11.8. The zero-order chi connectivity index (χ0) is 14.6. The maximum absolute atomic E-state index is 11.6. The molecule has 1 N–H and O–H groups in total. The molecule has 0 aromatic heterocycles. The molecule has 1 aromatic carbocycles. The van der Waals surface area contributed by atoms with E-state index in [4.69, 9.17) is 5.11 Å². The van der Waals surface area contributed by atoms with E-state index in [9.17, 15) is 13.2 Å². The minimum absolute atomic E-state index is 0.143. The number of anilines is 1. The third-order valence-electron chi connectivity index (χ3n) is 3.24. The third kappa shape index (κ3) is 3.84. The van der Waals surface area contributed by atoms with Gasteiger partial charge in [-0.1, -0.05) is 18.2 Å². The van der Waals surface area contributed by atoms with Crippen molar-refractivity contribution in [3.63, 3.8) is 0 Å². The van der Waals surface area contributed by atoms with Gasteiger partial charge in [0.15, 0.2) is 9.84 Å². The molecule has 2 rings (SSSR count). The average Bonchev–Trinajstić information content (AvgIpc) is 2.58. The van der Waals surface area contributed by atoms with Crippen LogP contribution in [-0.2, 0) is 14.6 Å². The van der Waals surface area contributed by atoms with Crippen LogP contribution in [0.4, 0.5) is 5.69 Å². The molecule has 0 amide bonds. The quantitative estimate of drug-likeness (QED) is 0.853. The summed E-state index contributed by atoms with van der Waals surface area (Å²) >= 11 is 0. The first-order valence-electron chi connectivity index (χ1n) is 6.43. The van der Waals surface area contributed by atoms with Crippen molar-refractivity contribution in [2.24, 2.45) is 0 Å². The van der Waals surface area contributed by atoms with E-state index < -0.39 is 15.8 Å². The summed E-state index contributed by atoms with van der Waals surface area (Å²) in [6.45, 7) is 1.11. The second-order valence-electron chi connectivity index (χ2n) is 4.72. The van der Waals surface area contributed by atoms with Crippen molar-refractivity contribution in [2.75, 3.05) is 29.5 Å². The molecule has 0 atom stereocenters. The first-order chi connectivity index (χ1) is 9.48. The molecular formula is C14H17NO4S.